The van der Waals surface area contributed by atoms with Crippen LogP contribution < -0.4 is 5.32 Å². The summed E-state index contributed by atoms with van der Waals surface area (Å²) in [6.45, 7) is 0.647. The zero-order valence-electron chi connectivity index (χ0n) is 8.64. The molecule has 0 atom stereocenters. The quantitative estimate of drug-likeness (QED) is 0.769. The standard InChI is InChI=1S/C9H13F3N2O2/c10-9(11,12)3-2-8(16)14-5-1-4-13-7(15)6-14/h1-6H2,(H,13,15). The van der Waals surface area contributed by atoms with Crippen molar-refractivity contribution in [2.45, 2.75) is 25.4 Å². The van der Waals surface area contributed by atoms with Gasteiger partial charge in [-0.3, -0.25) is 9.59 Å². The fourth-order valence-corrected chi connectivity index (χ4v) is 1.43. The van der Waals surface area contributed by atoms with Gasteiger partial charge in [-0.2, -0.15) is 13.2 Å². The number of hydrogen-bond acceptors (Lipinski definition) is 2. The highest BCUT2D eigenvalue weighted by Crippen LogP contribution is 2.21. The van der Waals surface area contributed by atoms with Gasteiger partial charge in [0.05, 0.1) is 13.0 Å². The molecule has 0 aromatic heterocycles. The topological polar surface area (TPSA) is 49.4 Å². The van der Waals surface area contributed by atoms with Gasteiger partial charge in [-0.25, -0.2) is 0 Å². The zero-order chi connectivity index (χ0) is 12.2. The molecule has 16 heavy (non-hydrogen) atoms. The molecule has 0 bridgehead atoms. The minimum absolute atomic E-state index is 0.142. The van der Waals surface area contributed by atoms with Gasteiger partial charge in [0.1, 0.15) is 0 Å². The second-order valence-corrected chi connectivity index (χ2v) is 3.63. The molecule has 1 N–H and O–H groups in total. The van der Waals surface area contributed by atoms with Crippen LogP contribution in [0.4, 0.5) is 13.2 Å². The molecule has 0 aliphatic carbocycles. The molecule has 1 fully saturated rings. The number of halogens is 3. The zero-order valence-corrected chi connectivity index (χ0v) is 8.64. The first-order chi connectivity index (χ1) is 7.38. The van der Waals surface area contributed by atoms with Gasteiger partial charge in [-0.1, -0.05) is 0 Å². The van der Waals surface area contributed by atoms with E-state index >= 15 is 0 Å². The van der Waals surface area contributed by atoms with Crippen molar-refractivity contribution in [3.63, 3.8) is 0 Å². The van der Waals surface area contributed by atoms with Gasteiger partial charge in [0.25, 0.3) is 0 Å². The molecule has 7 heteroatoms. The molecule has 1 saturated heterocycles. The molecule has 0 unspecified atom stereocenters. The van der Waals surface area contributed by atoms with Crippen molar-refractivity contribution in [3.05, 3.63) is 0 Å². The fourth-order valence-electron chi connectivity index (χ4n) is 1.43. The summed E-state index contributed by atoms with van der Waals surface area (Å²) in [6, 6.07) is 0. The Labute approximate surface area is 90.8 Å². The van der Waals surface area contributed by atoms with Crippen molar-refractivity contribution in [2.75, 3.05) is 19.6 Å². The Morgan fingerprint density at radius 2 is 2.12 bits per heavy atom. The number of rotatable bonds is 2. The summed E-state index contributed by atoms with van der Waals surface area (Å²) in [7, 11) is 0. The minimum atomic E-state index is -4.33. The van der Waals surface area contributed by atoms with Crippen molar-refractivity contribution < 1.29 is 22.8 Å². The van der Waals surface area contributed by atoms with E-state index in [-0.39, 0.29) is 12.5 Å². The Morgan fingerprint density at radius 3 is 2.75 bits per heavy atom. The van der Waals surface area contributed by atoms with Crippen LogP contribution in [0.3, 0.4) is 0 Å². The first kappa shape index (κ1) is 12.8. The third kappa shape index (κ3) is 4.50. The van der Waals surface area contributed by atoms with Crippen molar-refractivity contribution in [1.29, 1.82) is 0 Å². The molecule has 4 nitrogen and oxygen atoms in total. The molecule has 0 aromatic carbocycles. The predicted octanol–water partition coefficient (Wildman–Crippen LogP) is 0.677. The molecule has 1 aliphatic heterocycles. The number of alkyl halides is 3. The monoisotopic (exact) mass is 238 g/mol. The highest BCUT2D eigenvalue weighted by molar-refractivity contribution is 5.85. The van der Waals surface area contributed by atoms with E-state index in [0.717, 1.165) is 0 Å². The predicted molar refractivity (Wildman–Crippen MR) is 49.5 cm³/mol. The van der Waals surface area contributed by atoms with Crippen molar-refractivity contribution in [1.82, 2.24) is 10.2 Å². The van der Waals surface area contributed by atoms with E-state index in [0.29, 0.717) is 19.5 Å². The van der Waals surface area contributed by atoms with Crippen LogP contribution in [-0.4, -0.2) is 42.5 Å². The molecule has 0 spiro atoms. The molecule has 1 aliphatic rings. The van der Waals surface area contributed by atoms with Crippen LogP contribution in [-0.2, 0) is 9.59 Å². The van der Waals surface area contributed by atoms with Gasteiger partial charge < -0.3 is 10.2 Å². The molecule has 1 heterocycles. The first-order valence-corrected chi connectivity index (χ1v) is 5.00. The molecule has 0 radical (unpaired) electrons. The maximum absolute atomic E-state index is 11.9. The lowest BCUT2D eigenvalue weighted by atomic mass is 10.2. The molecule has 1 rings (SSSR count). The molecular formula is C9H13F3N2O2. The third-order valence-corrected chi connectivity index (χ3v) is 2.24. The average Bonchev–Trinajstić information content (AvgIpc) is 2.38. The second-order valence-electron chi connectivity index (χ2n) is 3.63. The number of nitrogens with one attached hydrogen (secondary N) is 1. The lowest BCUT2D eigenvalue weighted by Gasteiger charge is -2.19. The highest BCUT2D eigenvalue weighted by atomic mass is 19.4. The Bertz CT molecular complexity index is 278. The maximum atomic E-state index is 11.9. The van der Waals surface area contributed by atoms with Crippen LogP contribution in [0.5, 0.6) is 0 Å². The molecule has 0 saturated carbocycles. The van der Waals surface area contributed by atoms with Gasteiger partial charge in [0.2, 0.25) is 11.8 Å². The van der Waals surface area contributed by atoms with Gasteiger partial charge in [-0.05, 0) is 6.42 Å². The number of amides is 2. The smallest absolute Gasteiger partial charge is 0.354 e. The van der Waals surface area contributed by atoms with Crippen LogP contribution in [0.2, 0.25) is 0 Å². The summed E-state index contributed by atoms with van der Waals surface area (Å²) in [5, 5.41) is 2.55. The van der Waals surface area contributed by atoms with Gasteiger partial charge in [0, 0.05) is 19.5 Å². The van der Waals surface area contributed by atoms with Crippen LogP contribution >= 0.6 is 0 Å². The summed E-state index contributed by atoms with van der Waals surface area (Å²) in [5.41, 5.74) is 0. The van der Waals surface area contributed by atoms with Gasteiger partial charge in [-0.15, -0.1) is 0 Å². The van der Waals surface area contributed by atoms with E-state index in [1.165, 1.54) is 4.90 Å². The molecule has 2 amide bonds. The normalized spacial score (nSPS) is 17.9. The number of carbonyl (C=O) groups excluding carboxylic acids is 2. The molecular weight excluding hydrogens is 225 g/mol. The van der Waals surface area contributed by atoms with E-state index in [9.17, 15) is 22.8 Å². The number of nitrogens with zero attached hydrogens (tertiary/aromatic N) is 1. The Kier molecular flexibility index (Phi) is 4.14. The van der Waals surface area contributed by atoms with Crippen molar-refractivity contribution in [2.24, 2.45) is 0 Å². The highest BCUT2D eigenvalue weighted by Gasteiger charge is 2.29. The van der Waals surface area contributed by atoms with Crippen LogP contribution in [0.1, 0.15) is 19.3 Å². The lowest BCUT2D eigenvalue weighted by molar-refractivity contribution is -0.149. The molecule has 0 aromatic rings. The number of hydrogen-bond donors (Lipinski definition) is 1. The SMILES string of the molecule is O=C1CN(C(=O)CCC(F)(F)F)CCCN1. The Balaban J connectivity index is 2.43. The minimum Gasteiger partial charge on any atom is -0.354 e. The van der Waals surface area contributed by atoms with Crippen LogP contribution in [0, 0.1) is 0 Å². The van der Waals surface area contributed by atoms with E-state index < -0.39 is 24.9 Å². The maximum Gasteiger partial charge on any atom is 0.389 e. The second kappa shape index (κ2) is 5.18. The van der Waals surface area contributed by atoms with Crippen LogP contribution in [0.15, 0.2) is 0 Å². The van der Waals surface area contributed by atoms with Gasteiger partial charge in [0.15, 0.2) is 0 Å². The van der Waals surface area contributed by atoms with Crippen molar-refractivity contribution >= 4 is 11.8 Å². The van der Waals surface area contributed by atoms with Gasteiger partial charge >= 0.3 is 6.18 Å². The Hall–Kier alpha value is -1.27. The first-order valence-electron chi connectivity index (χ1n) is 5.00. The third-order valence-electron chi connectivity index (χ3n) is 2.24. The van der Waals surface area contributed by atoms with E-state index in [2.05, 4.69) is 5.32 Å². The van der Waals surface area contributed by atoms with Crippen LogP contribution in [0.25, 0.3) is 0 Å². The van der Waals surface area contributed by atoms with E-state index in [1.807, 2.05) is 0 Å². The summed E-state index contributed by atoms with van der Waals surface area (Å²) in [4.78, 5) is 23.6. The van der Waals surface area contributed by atoms with E-state index in [1.54, 1.807) is 0 Å². The summed E-state index contributed by atoms with van der Waals surface area (Å²) < 4.78 is 35.7. The fraction of sp³-hybridized carbons (Fsp3) is 0.778. The summed E-state index contributed by atoms with van der Waals surface area (Å²) in [5.74, 6) is -0.938. The summed E-state index contributed by atoms with van der Waals surface area (Å²) in [6.07, 6.45) is -5.48. The summed E-state index contributed by atoms with van der Waals surface area (Å²) >= 11 is 0. The largest absolute Gasteiger partial charge is 0.389 e. The van der Waals surface area contributed by atoms with Crippen molar-refractivity contribution in [3.8, 4) is 0 Å². The average molecular weight is 238 g/mol. The molecule has 92 valence electrons. The number of carbonyl (C=O) groups is 2. The van der Waals surface area contributed by atoms with E-state index in [4.69, 9.17) is 0 Å². The Morgan fingerprint density at radius 1 is 1.44 bits per heavy atom. The lowest BCUT2D eigenvalue weighted by Crippen LogP contribution is -2.37.